The summed E-state index contributed by atoms with van der Waals surface area (Å²) < 4.78 is 34.6. The third-order valence-corrected chi connectivity index (χ3v) is 5.97. The van der Waals surface area contributed by atoms with Crippen LogP contribution in [0.3, 0.4) is 0 Å². The topological polar surface area (TPSA) is 65.0 Å². The van der Waals surface area contributed by atoms with E-state index in [1.807, 2.05) is 0 Å². The van der Waals surface area contributed by atoms with Gasteiger partial charge in [-0.3, -0.25) is 4.90 Å². The fourth-order valence-corrected chi connectivity index (χ4v) is 3.63. The molecule has 9 heteroatoms. The third kappa shape index (κ3) is 3.79. The number of ether oxygens (including phenoxy) is 1. The minimum atomic E-state index is -3.35. The quantitative estimate of drug-likeness (QED) is 0.631. The van der Waals surface area contributed by atoms with Crippen LogP contribution in [0.15, 0.2) is 15.0 Å². The van der Waals surface area contributed by atoms with Gasteiger partial charge in [0.15, 0.2) is 11.5 Å². The first-order valence-electron chi connectivity index (χ1n) is 7.01. The number of hydrogen-bond donors (Lipinski definition) is 3. The number of benzene rings is 1. The van der Waals surface area contributed by atoms with Crippen molar-refractivity contribution in [2.75, 3.05) is 39.9 Å². The fraction of sp³-hybridized carbons (Fsp3) is 0.571. The van der Waals surface area contributed by atoms with Crippen molar-refractivity contribution in [3.05, 3.63) is 20.6 Å². The number of nitrogens with zero attached hydrogens (tertiary/aromatic N) is 1. The highest BCUT2D eigenvalue weighted by atomic mass is 79.9. The summed E-state index contributed by atoms with van der Waals surface area (Å²) in [5, 5.41) is 22.3. The van der Waals surface area contributed by atoms with Gasteiger partial charge in [-0.1, -0.05) is 0 Å². The normalized spacial score (nSPS) is 18.0. The van der Waals surface area contributed by atoms with Gasteiger partial charge in [0.05, 0.1) is 11.6 Å². The lowest BCUT2D eigenvalue weighted by atomic mass is 9.97. The predicted molar refractivity (Wildman–Crippen MR) is 89.3 cm³/mol. The largest absolute Gasteiger partial charge is 0.503 e. The molecule has 130 valence electrons. The van der Waals surface area contributed by atoms with Crippen molar-refractivity contribution in [1.82, 2.24) is 10.2 Å². The van der Waals surface area contributed by atoms with E-state index in [2.05, 4.69) is 37.2 Å². The molecule has 0 unspecified atom stereocenters. The van der Waals surface area contributed by atoms with Gasteiger partial charge in [-0.2, -0.15) is 0 Å². The molecule has 0 bridgehead atoms. The monoisotopic (exact) mass is 458 g/mol. The highest BCUT2D eigenvalue weighted by Crippen LogP contribution is 2.48. The van der Waals surface area contributed by atoms with E-state index in [1.165, 1.54) is 13.2 Å². The van der Waals surface area contributed by atoms with Gasteiger partial charge in [0.25, 0.3) is 5.92 Å². The van der Waals surface area contributed by atoms with Crippen LogP contribution >= 0.6 is 31.9 Å². The Labute approximate surface area is 149 Å². The SMILES string of the molecule is COc1cc([C@H](N2CCNCC2)C(F)(F)CO)c(Br)c(Br)c1O. The Kier molecular flexibility index (Phi) is 6.23. The second-order valence-corrected chi connectivity index (χ2v) is 6.84. The van der Waals surface area contributed by atoms with Gasteiger partial charge in [0.2, 0.25) is 0 Å². The lowest BCUT2D eigenvalue weighted by molar-refractivity contribution is -0.118. The van der Waals surface area contributed by atoms with Gasteiger partial charge in [-0.25, -0.2) is 8.78 Å². The van der Waals surface area contributed by atoms with E-state index >= 15 is 0 Å². The molecule has 1 heterocycles. The van der Waals surface area contributed by atoms with Gasteiger partial charge >= 0.3 is 0 Å². The number of aliphatic hydroxyl groups excluding tert-OH is 1. The average Bonchev–Trinajstić information content (AvgIpc) is 2.56. The molecule has 1 fully saturated rings. The standard InChI is InChI=1S/C14H18Br2F2N2O3/c1-23-9-6-8(10(15)11(16)12(9)22)13(14(17,18)7-21)20-4-2-19-3-5-20/h6,13,19,21-22H,2-5,7H2,1H3/t13-/m0/s1. The minimum absolute atomic E-state index is 0.0870. The van der Waals surface area contributed by atoms with Gasteiger partial charge in [-0.15, -0.1) is 0 Å². The maximum absolute atomic E-state index is 14.5. The number of phenolic OH excluding ortho intramolecular Hbond substituents is 1. The molecule has 0 aliphatic carbocycles. The fourth-order valence-electron chi connectivity index (χ4n) is 2.68. The molecule has 0 radical (unpaired) electrons. The summed E-state index contributed by atoms with van der Waals surface area (Å²) in [7, 11) is 1.35. The summed E-state index contributed by atoms with van der Waals surface area (Å²) >= 11 is 6.45. The number of alkyl halides is 2. The maximum Gasteiger partial charge on any atom is 0.289 e. The number of hydrogen-bond acceptors (Lipinski definition) is 5. The molecule has 0 saturated carbocycles. The Morgan fingerprint density at radius 2 is 1.96 bits per heavy atom. The molecule has 1 atom stereocenters. The number of rotatable bonds is 5. The number of phenols is 1. The average molecular weight is 460 g/mol. The second-order valence-electron chi connectivity index (χ2n) is 5.25. The van der Waals surface area contributed by atoms with E-state index in [0.29, 0.717) is 30.7 Å². The lowest BCUT2D eigenvalue weighted by Gasteiger charge is -2.39. The summed E-state index contributed by atoms with van der Waals surface area (Å²) in [6.45, 7) is 0.758. The molecular formula is C14H18Br2F2N2O3. The molecule has 23 heavy (non-hydrogen) atoms. The van der Waals surface area contributed by atoms with Gasteiger partial charge < -0.3 is 20.3 Å². The lowest BCUT2D eigenvalue weighted by Crippen LogP contribution is -2.51. The molecule has 0 aromatic heterocycles. The molecule has 2 rings (SSSR count). The minimum Gasteiger partial charge on any atom is -0.503 e. The van der Waals surface area contributed by atoms with Gasteiger partial charge in [0, 0.05) is 30.7 Å². The summed E-state index contributed by atoms with van der Waals surface area (Å²) in [4.78, 5) is 1.62. The van der Waals surface area contributed by atoms with Crippen LogP contribution < -0.4 is 10.1 Å². The Bertz CT molecular complexity index is 569. The van der Waals surface area contributed by atoms with Crippen molar-refractivity contribution >= 4 is 31.9 Å². The molecule has 1 saturated heterocycles. The van der Waals surface area contributed by atoms with Crippen LogP contribution in [0.25, 0.3) is 0 Å². The zero-order chi connectivity index (χ0) is 17.2. The zero-order valence-corrected chi connectivity index (χ0v) is 15.6. The van der Waals surface area contributed by atoms with Crippen molar-refractivity contribution in [1.29, 1.82) is 0 Å². The zero-order valence-electron chi connectivity index (χ0n) is 12.5. The van der Waals surface area contributed by atoms with E-state index in [1.54, 1.807) is 4.90 Å². The molecule has 0 spiro atoms. The second kappa shape index (κ2) is 7.60. The van der Waals surface area contributed by atoms with E-state index in [4.69, 9.17) is 4.74 Å². The van der Waals surface area contributed by atoms with E-state index in [-0.39, 0.29) is 21.5 Å². The summed E-state index contributed by atoms with van der Waals surface area (Å²) in [6, 6.07) is 0.0373. The number of nitrogens with one attached hydrogen (secondary N) is 1. The number of methoxy groups -OCH3 is 1. The first-order chi connectivity index (χ1) is 10.8. The highest BCUT2D eigenvalue weighted by Gasteiger charge is 2.45. The van der Waals surface area contributed by atoms with Crippen LogP contribution in [0.5, 0.6) is 11.5 Å². The number of aromatic hydroxyl groups is 1. The third-order valence-electron chi connectivity index (χ3n) is 3.82. The van der Waals surface area contributed by atoms with Crippen LogP contribution in [-0.4, -0.2) is 60.9 Å². The Morgan fingerprint density at radius 1 is 1.35 bits per heavy atom. The van der Waals surface area contributed by atoms with E-state index in [0.717, 1.165) is 0 Å². The van der Waals surface area contributed by atoms with Crippen molar-refractivity contribution in [2.24, 2.45) is 0 Å². The van der Waals surface area contributed by atoms with Gasteiger partial charge in [-0.05, 0) is 43.5 Å². The van der Waals surface area contributed by atoms with Crippen molar-refractivity contribution < 1.29 is 23.7 Å². The first kappa shape index (κ1) is 18.9. The molecule has 1 aromatic carbocycles. The molecule has 5 nitrogen and oxygen atoms in total. The molecule has 1 aliphatic heterocycles. The molecule has 1 aromatic rings. The number of aliphatic hydroxyl groups is 1. The highest BCUT2D eigenvalue weighted by molar-refractivity contribution is 9.13. The Morgan fingerprint density at radius 3 is 2.48 bits per heavy atom. The molecule has 3 N–H and O–H groups in total. The first-order valence-corrected chi connectivity index (χ1v) is 8.60. The maximum atomic E-state index is 14.5. The van der Waals surface area contributed by atoms with Crippen molar-refractivity contribution in [3.8, 4) is 11.5 Å². The molecule has 0 amide bonds. The van der Waals surface area contributed by atoms with Crippen LogP contribution in [0.1, 0.15) is 11.6 Å². The van der Waals surface area contributed by atoms with Crippen LogP contribution in [0, 0.1) is 0 Å². The summed E-state index contributed by atoms with van der Waals surface area (Å²) in [5.74, 6) is -3.43. The predicted octanol–water partition coefficient (Wildman–Crippen LogP) is 2.50. The summed E-state index contributed by atoms with van der Waals surface area (Å²) in [5.41, 5.74) is 0.243. The number of piperazine rings is 1. The smallest absolute Gasteiger partial charge is 0.289 e. The molecular weight excluding hydrogens is 442 g/mol. The van der Waals surface area contributed by atoms with Crippen molar-refractivity contribution in [2.45, 2.75) is 12.0 Å². The summed E-state index contributed by atoms with van der Waals surface area (Å²) in [6.07, 6.45) is 0. The molecule has 1 aliphatic rings. The van der Waals surface area contributed by atoms with E-state index in [9.17, 15) is 19.0 Å². The Balaban J connectivity index is 2.57. The van der Waals surface area contributed by atoms with Gasteiger partial charge in [0.1, 0.15) is 12.6 Å². The van der Waals surface area contributed by atoms with Crippen LogP contribution in [0.2, 0.25) is 0 Å². The van der Waals surface area contributed by atoms with Crippen molar-refractivity contribution in [3.63, 3.8) is 0 Å². The van der Waals surface area contributed by atoms with Crippen LogP contribution in [-0.2, 0) is 0 Å². The van der Waals surface area contributed by atoms with Crippen LogP contribution in [0.4, 0.5) is 8.78 Å². The van der Waals surface area contributed by atoms with E-state index < -0.39 is 18.6 Å². The Hall–Kier alpha value is -0.480. The number of halogens is 4.